The number of hydrogen-bond donors (Lipinski definition) is 1. The van der Waals surface area contributed by atoms with Crippen molar-refractivity contribution in [1.29, 1.82) is 0 Å². The molecule has 0 bridgehead atoms. The first-order valence-corrected chi connectivity index (χ1v) is 6.44. The van der Waals surface area contributed by atoms with Gasteiger partial charge in [-0.2, -0.15) is 0 Å². The van der Waals surface area contributed by atoms with Crippen LogP contribution in [0.5, 0.6) is 5.75 Å². The van der Waals surface area contributed by atoms with Crippen LogP contribution in [-0.2, 0) is 0 Å². The number of hydrogen-bond acceptors (Lipinski definition) is 3. The minimum Gasteiger partial charge on any atom is -0.491 e. The maximum absolute atomic E-state index is 10.3. The van der Waals surface area contributed by atoms with Crippen molar-refractivity contribution in [3.63, 3.8) is 0 Å². The van der Waals surface area contributed by atoms with E-state index in [-0.39, 0.29) is 6.10 Å². The number of rotatable bonds is 4. The van der Waals surface area contributed by atoms with Gasteiger partial charge in [-0.15, -0.1) is 0 Å². The molecular formula is C16H19NO2. The molecule has 1 N–H and O–H groups in total. The highest BCUT2D eigenvalue weighted by Crippen LogP contribution is 2.23. The molecule has 0 radical (unpaired) electrons. The van der Waals surface area contributed by atoms with E-state index in [0.717, 1.165) is 17.0 Å². The molecule has 19 heavy (non-hydrogen) atoms. The fourth-order valence-electron chi connectivity index (χ4n) is 1.89. The van der Waals surface area contributed by atoms with Crippen LogP contribution in [-0.4, -0.2) is 16.2 Å². The van der Waals surface area contributed by atoms with Crippen LogP contribution < -0.4 is 4.74 Å². The molecular weight excluding hydrogens is 238 g/mol. The summed E-state index contributed by atoms with van der Waals surface area (Å²) < 4.78 is 5.58. The molecule has 2 rings (SSSR count). The van der Waals surface area contributed by atoms with Gasteiger partial charge in [-0.25, -0.2) is 0 Å². The molecule has 0 aliphatic heterocycles. The molecule has 3 nitrogen and oxygen atoms in total. The van der Waals surface area contributed by atoms with E-state index >= 15 is 0 Å². The molecule has 3 heteroatoms. The lowest BCUT2D eigenvalue weighted by atomic mass is 10.1. The Labute approximate surface area is 113 Å². The van der Waals surface area contributed by atoms with E-state index in [1.807, 2.05) is 63.2 Å². The third-order valence-electron chi connectivity index (χ3n) is 2.76. The highest BCUT2D eigenvalue weighted by atomic mass is 16.5. The summed E-state index contributed by atoms with van der Waals surface area (Å²) in [5, 5.41) is 10.3. The Bertz CT molecular complexity index is 535. The van der Waals surface area contributed by atoms with Gasteiger partial charge in [-0.05, 0) is 50.6 Å². The molecule has 2 aromatic rings. The summed E-state index contributed by atoms with van der Waals surface area (Å²) >= 11 is 0. The Hall–Kier alpha value is -1.87. The zero-order valence-corrected chi connectivity index (χ0v) is 11.5. The molecule has 0 saturated carbocycles. The van der Waals surface area contributed by atoms with Gasteiger partial charge < -0.3 is 9.84 Å². The van der Waals surface area contributed by atoms with Crippen LogP contribution in [0.3, 0.4) is 0 Å². The van der Waals surface area contributed by atoms with Gasteiger partial charge in [-0.3, -0.25) is 4.98 Å². The maximum atomic E-state index is 10.3. The fraction of sp³-hybridized carbons (Fsp3) is 0.312. The number of aliphatic hydroxyl groups is 1. The lowest BCUT2D eigenvalue weighted by molar-refractivity contribution is 0.214. The van der Waals surface area contributed by atoms with Crippen molar-refractivity contribution in [2.45, 2.75) is 33.0 Å². The first-order valence-electron chi connectivity index (χ1n) is 6.44. The number of nitrogens with zero attached hydrogens (tertiary/aromatic N) is 1. The zero-order valence-electron chi connectivity index (χ0n) is 11.5. The maximum Gasteiger partial charge on any atom is 0.121 e. The average molecular weight is 257 g/mol. The van der Waals surface area contributed by atoms with Crippen LogP contribution in [0, 0.1) is 6.92 Å². The number of aliphatic hydroxyl groups excluding tert-OH is 1. The average Bonchev–Trinajstić information content (AvgIpc) is 2.38. The highest BCUT2D eigenvalue weighted by Gasteiger charge is 2.12. The van der Waals surface area contributed by atoms with Gasteiger partial charge in [0.1, 0.15) is 11.9 Å². The van der Waals surface area contributed by atoms with E-state index in [1.54, 1.807) is 0 Å². The monoisotopic (exact) mass is 257 g/mol. The van der Waals surface area contributed by atoms with Gasteiger partial charge in [0.2, 0.25) is 0 Å². The topological polar surface area (TPSA) is 42.4 Å². The van der Waals surface area contributed by atoms with Gasteiger partial charge in [0.05, 0.1) is 11.8 Å². The first kappa shape index (κ1) is 13.6. The van der Waals surface area contributed by atoms with Crippen LogP contribution in [0.4, 0.5) is 0 Å². The van der Waals surface area contributed by atoms with Crippen molar-refractivity contribution >= 4 is 0 Å². The second-order valence-electron chi connectivity index (χ2n) is 4.84. The van der Waals surface area contributed by atoms with Crippen LogP contribution in [0.25, 0.3) is 0 Å². The quantitative estimate of drug-likeness (QED) is 0.914. The summed E-state index contributed by atoms with van der Waals surface area (Å²) in [6, 6.07) is 13.1. The fourth-order valence-corrected chi connectivity index (χ4v) is 1.89. The SMILES string of the molecule is Cc1cccc(C(O)c2ccc(OC(C)C)cc2)n1. The Morgan fingerprint density at radius 1 is 1.05 bits per heavy atom. The third kappa shape index (κ3) is 3.55. The molecule has 0 fully saturated rings. The van der Waals surface area contributed by atoms with Gasteiger partial charge in [0.25, 0.3) is 0 Å². The lowest BCUT2D eigenvalue weighted by Crippen LogP contribution is -2.06. The van der Waals surface area contributed by atoms with E-state index in [9.17, 15) is 5.11 Å². The summed E-state index contributed by atoms with van der Waals surface area (Å²) in [4.78, 5) is 4.34. The van der Waals surface area contributed by atoms with E-state index in [4.69, 9.17) is 4.74 Å². The lowest BCUT2D eigenvalue weighted by Gasteiger charge is -2.13. The smallest absolute Gasteiger partial charge is 0.121 e. The number of ether oxygens (including phenoxy) is 1. The number of aromatic nitrogens is 1. The van der Waals surface area contributed by atoms with E-state index in [1.165, 1.54) is 0 Å². The van der Waals surface area contributed by atoms with Crippen molar-refractivity contribution in [2.75, 3.05) is 0 Å². The molecule has 0 aliphatic rings. The largest absolute Gasteiger partial charge is 0.491 e. The van der Waals surface area contributed by atoms with Crippen molar-refractivity contribution in [3.05, 3.63) is 59.4 Å². The molecule has 1 heterocycles. The molecule has 1 unspecified atom stereocenters. The summed E-state index contributed by atoms with van der Waals surface area (Å²) in [7, 11) is 0. The summed E-state index contributed by atoms with van der Waals surface area (Å²) in [6.07, 6.45) is -0.554. The van der Waals surface area contributed by atoms with Crippen LogP contribution >= 0.6 is 0 Å². The highest BCUT2D eigenvalue weighted by molar-refractivity contribution is 5.32. The normalized spacial score (nSPS) is 12.5. The van der Waals surface area contributed by atoms with Crippen LogP contribution in [0.1, 0.15) is 36.9 Å². The minimum atomic E-state index is -0.701. The minimum absolute atomic E-state index is 0.147. The van der Waals surface area contributed by atoms with Gasteiger partial charge in [0.15, 0.2) is 0 Å². The molecule has 0 amide bonds. The predicted molar refractivity (Wildman–Crippen MR) is 75.2 cm³/mol. The molecule has 100 valence electrons. The van der Waals surface area contributed by atoms with Gasteiger partial charge >= 0.3 is 0 Å². The predicted octanol–water partition coefficient (Wildman–Crippen LogP) is 3.26. The van der Waals surface area contributed by atoms with Gasteiger partial charge in [-0.1, -0.05) is 18.2 Å². The Morgan fingerprint density at radius 3 is 2.32 bits per heavy atom. The van der Waals surface area contributed by atoms with Crippen molar-refractivity contribution in [3.8, 4) is 5.75 Å². The van der Waals surface area contributed by atoms with E-state index in [0.29, 0.717) is 5.69 Å². The van der Waals surface area contributed by atoms with E-state index in [2.05, 4.69) is 4.98 Å². The van der Waals surface area contributed by atoms with Crippen molar-refractivity contribution in [1.82, 2.24) is 4.98 Å². The number of benzene rings is 1. The van der Waals surface area contributed by atoms with Crippen molar-refractivity contribution in [2.24, 2.45) is 0 Å². The summed E-state index contributed by atoms with van der Waals surface area (Å²) in [6.45, 7) is 5.88. The number of aryl methyl sites for hydroxylation is 1. The summed E-state index contributed by atoms with van der Waals surface area (Å²) in [5.74, 6) is 0.808. The first-order chi connectivity index (χ1) is 9.06. The van der Waals surface area contributed by atoms with Crippen LogP contribution in [0.15, 0.2) is 42.5 Å². The van der Waals surface area contributed by atoms with Crippen molar-refractivity contribution < 1.29 is 9.84 Å². The Morgan fingerprint density at radius 2 is 1.74 bits per heavy atom. The standard InChI is InChI=1S/C16H19NO2/c1-11(2)19-14-9-7-13(8-10-14)16(18)15-6-4-5-12(3)17-15/h4-11,16,18H,1-3H3. The Balaban J connectivity index is 2.17. The second kappa shape index (κ2) is 5.85. The van der Waals surface area contributed by atoms with E-state index < -0.39 is 6.10 Å². The molecule has 1 aromatic heterocycles. The molecule has 1 aromatic carbocycles. The molecule has 0 aliphatic carbocycles. The second-order valence-corrected chi connectivity index (χ2v) is 4.84. The summed E-state index contributed by atoms with van der Waals surface area (Å²) in [5.41, 5.74) is 2.38. The zero-order chi connectivity index (χ0) is 13.8. The van der Waals surface area contributed by atoms with Crippen LogP contribution in [0.2, 0.25) is 0 Å². The molecule has 0 saturated heterocycles. The molecule has 1 atom stereocenters. The number of pyridine rings is 1. The third-order valence-corrected chi connectivity index (χ3v) is 2.76. The van der Waals surface area contributed by atoms with Gasteiger partial charge in [0, 0.05) is 5.69 Å². The molecule has 0 spiro atoms. The Kier molecular flexibility index (Phi) is 4.17.